The fourth-order valence-electron chi connectivity index (χ4n) is 3.88. The summed E-state index contributed by atoms with van der Waals surface area (Å²) in [5.41, 5.74) is -0.695. The minimum atomic E-state index is -0.695. The largest absolute Gasteiger partial charge is 0.480 e. The normalized spacial score (nSPS) is 24.6. The molecule has 2 rings (SSSR count). The van der Waals surface area contributed by atoms with Crippen molar-refractivity contribution in [3.05, 3.63) is 0 Å². The number of carboxylic acids is 1. The Labute approximate surface area is 135 Å². The predicted molar refractivity (Wildman–Crippen MR) is 89.2 cm³/mol. The van der Waals surface area contributed by atoms with Gasteiger partial charge in [0.15, 0.2) is 0 Å². The third kappa shape index (κ3) is 4.43. The molecule has 2 saturated heterocycles. The zero-order chi connectivity index (χ0) is 15.8. The summed E-state index contributed by atoms with van der Waals surface area (Å²) in [7, 11) is 0. The first-order chi connectivity index (χ1) is 10.7. The summed E-state index contributed by atoms with van der Waals surface area (Å²) in [6.45, 7) is 8.63. The van der Waals surface area contributed by atoms with Crippen LogP contribution in [-0.4, -0.2) is 72.2 Å². The van der Waals surface area contributed by atoms with Gasteiger partial charge in [-0.2, -0.15) is 0 Å². The highest BCUT2D eigenvalue weighted by atomic mass is 16.4. The molecule has 0 amide bonds. The lowest BCUT2D eigenvalue weighted by Gasteiger charge is -2.44. The van der Waals surface area contributed by atoms with Crippen LogP contribution in [0, 0.1) is 0 Å². The molecule has 2 heterocycles. The van der Waals surface area contributed by atoms with E-state index in [9.17, 15) is 9.90 Å². The predicted octanol–water partition coefficient (Wildman–Crippen LogP) is 1.78. The number of rotatable bonds is 7. The Balaban J connectivity index is 2.16. The molecule has 2 N–H and O–H groups in total. The van der Waals surface area contributed by atoms with E-state index in [4.69, 9.17) is 0 Å². The van der Waals surface area contributed by atoms with E-state index < -0.39 is 11.5 Å². The van der Waals surface area contributed by atoms with Crippen molar-refractivity contribution in [1.82, 2.24) is 15.1 Å². The van der Waals surface area contributed by atoms with E-state index in [0.29, 0.717) is 6.54 Å². The SMILES string of the molecule is CCCCC(CN1CCCCC1)(C(=O)O)N1CCCNCC1. The van der Waals surface area contributed by atoms with Crippen LogP contribution in [0.2, 0.25) is 0 Å². The molecule has 2 aliphatic heterocycles. The quantitative estimate of drug-likeness (QED) is 0.750. The topological polar surface area (TPSA) is 55.8 Å². The summed E-state index contributed by atoms with van der Waals surface area (Å²) < 4.78 is 0. The van der Waals surface area contributed by atoms with Gasteiger partial charge in [-0.25, -0.2) is 0 Å². The Morgan fingerprint density at radius 2 is 1.86 bits per heavy atom. The van der Waals surface area contributed by atoms with Crippen LogP contribution in [0.5, 0.6) is 0 Å². The molecule has 0 aromatic heterocycles. The lowest BCUT2D eigenvalue weighted by Crippen LogP contribution is -2.62. The first-order valence-corrected chi connectivity index (χ1v) is 9.10. The van der Waals surface area contributed by atoms with Crippen LogP contribution in [0.3, 0.4) is 0 Å². The smallest absolute Gasteiger partial charge is 0.325 e. The van der Waals surface area contributed by atoms with E-state index in [1.54, 1.807) is 0 Å². The van der Waals surface area contributed by atoms with E-state index in [2.05, 4.69) is 22.0 Å². The monoisotopic (exact) mass is 311 g/mol. The van der Waals surface area contributed by atoms with Gasteiger partial charge in [0.25, 0.3) is 0 Å². The highest BCUT2D eigenvalue weighted by Crippen LogP contribution is 2.27. The highest BCUT2D eigenvalue weighted by Gasteiger charge is 2.44. The minimum Gasteiger partial charge on any atom is -0.480 e. The standard InChI is InChI=1S/C17H33N3O2/c1-2-3-8-17(16(21)22,15-19-11-5-4-6-12-19)20-13-7-9-18-10-14-20/h18H,2-15H2,1H3,(H,21,22). The number of nitrogens with zero attached hydrogens (tertiary/aromatic N) is 2. The van der Waals surface area contributed by atoms with Gasteiger partial charge in [0.05, 0.1) is 0 Å². The van der Waals surface area contributed by atoms with Crippen LogP contribution in [-0.2, 0) is 4.79 Å². The molecule has 0 saturated carbocycles. The second kappa shape index (κ2) is 8.85. The van der Waals surface area contributed by atoms with Crippen molar-refractivity contribution in [2.24, 2.45) is 0 Å². The highest BCUT2D eigenvalue weighted by molar-refractivity contribution is 5.79. The third-order valence-electron chi connectivity index (χ3n) is 5.22. The summed E-state index contributed by atoms with van der Waals surface area (Å²) >= 11 is 0. The van der Waals surface area contributed by atoms with Gasteiger partial charge in [-0.05, 0) is 45.3 Å². The maximum atomic E-state index is 12.3. The molecule has 1 unspecified atom stereocenters. The molecule has 5 nitrogen and oxygen atoms in total. The number of piperidine rings is 1. The minimum absolute atomic E-state index is 0.617. The molecular weight excluding hydrogens is 278 g/mol. The second-order valence-electron chi connectivity index (χ2n) is 6.87. The van der Waals surface area contributed by atoms with Crippen LogP contribution < -0.4 is 5.32 Å². The Bertz CT molecular complexity index is 337. The first kappa shape index (κ1) is 17.7. The summed E-state index contributed by atoms with van der Waals surface area (Å²) in [5.74, 6) is -0.617. The number of aliphatic carboxylic acids is 1. The number of unbranched alkanes of at least 4 members (excludes halogenated alkanes) is 1. The molecule has 0 aromatic rings. The summed E-state index contributed by atoms with van der Waals surface area (Å²) in [5, 5.41) is 13.5. The number of nitrogens with one attached hydrogen (secondary N) is 1. The molecule has 2 aliphatic rings. The maximum absolute atomic E-state index is 12.3. The van der Waals surface area contributed by atoms with Gasteiger partial charge in [-0.3, -0.25) is 9.69 Å². The molecule has 0 bridgehead atoms. The van der Waals surface area contributed by atoms with Crippen LogP contribution in [0.15, 0.2) is 0 Å². The van der Waals surface area contributed by atoms with E-state index in [1.807, 2.05) is 0 Å². The van der Waals surface area contributed by atoms with E-state index in [0.717, 1.165) is 65.0 Å². The maximum Gasteiger partial charge on any atom is 0.325 e. The number of likely N-dealkylation sites (tertiary alicyclic amines) is 1. The Hall–Kier alpha value is -0.650. The van der Waals surface area contributed by atoms with Crippen LogP contribution >= 0.6 is 0 Å². The van der Waals surface area contributed by atoms with Gasteiger partial charge in [0, 0.05) is 26.2 Å². The van der Waals surface area contributed by atoms with Crippen LogP contribution in [0.25, 0.3) is 0 Å². The fraction of sp³-hybridized carbons (Fsp3) is 0.941. The molecule has 0 aromatic carbocycles. The van der Waals surface area contributed by atoms with Crippen molar-refractivity contribution in [2.75, 3.05) is 45.8 Å². The van der Waals surface area contributed by atoms with E-state index in [-0.39, 0.29) is 0 Å². The Kier molecular flexibility index (Phi) is 7.12. The zero-order valence-corrected chi connectivity index (χ0v) is 14.1. The molecule has 0 spiro atoms. The summed E-state index contributed by atoms with van der Waals surface area (Å²) in [6, 6.07) is 0. The van der Waals surface area contributed by atoms with Crippen LogP contribution in [0.4, 0.5) is 0 Å². The van der Waals surface area contributed by atoms with Gasteiger partial charge in [-0.15, -0.1) is 0 Å². The molecular formula is C17H33N3O2. The van der Waals surface area contributed by atoms with Gasteiger partial charge < -0.3 is 15.3 Å². The molecule has 2 fully saturated rings. The van der Waals surface area contributed by atoms with E-state index in [1.165, 1.54) is 19.3 Å². The number of hydrogen-bond donors (Lipinski definition) is 2. The number of carbonyl (C=O) groups is 1. The van der Waals surface area contributed by atoms with Gasteiger partial charge >= 0.3 is 5.97 Å². The molecule has 128 valence electrons. The second-order valence-corrected chi connectivity index (χ2v) is 6.87. The van der Waals surface area contributed by atoms with Gasteiger partial charge in [0.2, 0.25) is 0 Å². The zero-order valence-electron chi connectivity index (χ0n) is 14.1. The van der Waals surface area contributed by atoms with Crippen molar-refractivity contribution in [3.8, 4) is 0 Å². The van der Waals surface area contributed by atoms with Crippen molar-refractivity contribution in [1.29, 1.82) is 0 Å². The van der Waals surface area contributed by atoms with Crippen molar-refractivity contribution in [2.45, 2.75) is 57.4 Å². The van der Waals surface area contributed by atoms with E-state index >= 15 is 0 Å². The number of carboxylic acid groups (broad SMARTS) is 1. The summed E-state index contributed by atoms with van der Waals surface area (Å²) in [6.07, 6.45) is 7.58. The number of hydrogen-bond acceptors (Lipinski definition) is 4. The molecule has 0 radical (unpaired) electrons. The fourth-order valence-corrected chi connectivity index (χ4v) is 3.88. The molecule has 5 heteroatoms. The first-order valence-electron chi connectivity index (χ1n) is 9.10. The average molecular weight is 311 g/mol. The lowest BCUT2D eigenvalue weighted by molar-refractivity contribution is -0.154. The Morgan fingerprint density at radius 3 is 2.55 bits per heavy atom. The third-order valence-corrected chi connectivity index (χ3v) is 5.22. The Morgan fingerprint density at radius 1 is 1.09 bits per heavy atom. The van der Waals surface area contributed by atoms with Crippen molar-refractivity contribution < 1.29 is 9.90 Å². The van der Waals surface area contributed by atoms with Gasteiger partial charge in [-0.1, -0.05) is 26.2 Å². The van der Waals surface area contributed by atoms with Crippen molar-refractivity contribution in [3.63, 3.8) is 0 Å². The molecule has 0 aliphatic carbocycles. The van der Waals surface area contributed by atoms with Gasteiger partial charge in [0.1, 0.15) is 5.54 Å². The summed E-state index contributed by atoms with van der Waals surface area (Å²) in [4.78, 5) is 17.0. The molecule has 22 heavy (non-hydrogen) atoms. The molecule has 1 atom stereocenters. The van der Waals surface area contributed by atoms with Crippen molar-refractivity contribution >= 4 is 5.97 Å². The van der Waals surface area contributed by atoms with Crippen LogP contribution in [0.1, 0.15) is 51.9 Å². The lowest BCUT2D eigenvalue weighted by atomic mass is 9.88. The average Bonchev–Trinajstić information content (AvgIpc) is 2.81.